The average molecular weight is 319 g/mol. The monoisotopic (exact) mass is 319 g/mol. The van der Waals surface area contributed by atoms with Crippen molar-refractivity contribution in [2.45, 2.75) is 69.9 Å². The molecule has 4 nitrogen and oxygen atoms in total. The number of fused-ring (bicyclic) bond motifs is 1. The fraction of sp³-hybridized carbons (Fsp3) is 0.765. The van der Waals surface area contributed by atoms with Crippen LogP contribution in [0.15, 0.2) is 5.38 Å². The number of carbonyl (C=O) groups excluding carboxylic acids is 1. The van der Waals surface area contributed by atoms with Crippen LogP contribution in [0.3, 0.4) is 0 Å². The van der Waals surface area contributed by atoms with Gasteiger partial charge in [-0.25, -0.2) is 9.78 Å². The Kier molecular flexibility index (Phi) is 3.84. The molecule has 4 rings (SSSR count). The van der Waals surface area contributed by atoms with Gasteiger partial charge in [0.25, 0.3) is 0 Å². The molecule has 0 aromatic carbocycles. The van der Waals surface area contributed by atoms with E-state index in [1.165, 1.54) is 43.5 Å². The fourth-order valence-corrected chi connectivity index (χ4v) is 5.15. The quantitative estimate of drug-likeness (QED) is 0.913. The Balaban J connectivity index is 1.39. The zero-order chi connectivity index (χ0) is 15.1. The molecule has 3 atom stereocenters. The summed E-state index contributed by atoms with van der Waals surface area (Å²) in [6, 6.07) is 0.613. The van der Waals surface area contributed by atoms with Crippen molar-refractivity contribution in [3.63, 3.8) is 0 Å². The van der Waals surface area contributed by atoms with Gasteiger partial charge >= 0.3 is 6.03 Å². The van der Waals surface area contributed by atoms with Gasteiger partial charge in [-0.1, -0.05) is 6.42 Å². The van der Waals surface area contributed by atoms with E-state index in [9.17, 15) is 4.79 Å². The smallest absolute Gasteiger partial charge is 0.318 e. The summed E-state index contributed by atoms with van der Waals surface area (Å²) in [6.07, 6.45) is 8.81. The highest BCUT2D eigenvalue weighted by molar-refractivity contribution is 7.09. The fourth-order valence-electron chi connectivity index (χ4n) is 4.07. The lowest BCUT2D eigenvalue weighted by Crippen LogP contribution is -2.50. The van der Waals surface area contributed by atoms with E-state index in [-0.39, 0.29) is 12.1 Å². The van der Waals surface area contributed by atoms with Gasteiger partial charge in [0.15, 0.2) is 0 Å². The first-order valence-corrected chi connectivity index (χ1v) is 9.63. The molecule has 0 unspecified atom stereocenters. The van der Waals surface area contributed by atoms with E-state index in [0.717, 1.165) is 24.6 Å². The summed E-state index contributed by atoms with van der Waals surface area (Å²) in [5.41, 5.74) is 1.03. The molecule has 0 bridgehead atoms. The molecule has 2 saturated carbocycles. The zero-order valence-corrected chi connectivity index (χ0v) is 14.1. The van der Waals surface area contributed by atoms with Gasteiger partial charge < -0.3 is 10.2 Å². The van der Waals surface area contributed by atoms with Gasteiger partial charge in [0.1, 0.15) is 0 Å². The zero-order valence-electron chi connectivity index (χ0n) is 13.3. The summed E-state index contributed by atoms with van der Waals surface area (Å²) in [5.74, 6) is 1.44. The van der Waals surface area contributed by atoms with Gasteiger partial charge in [-0.05, 0) is 51.4 Å². The third-order valence-electron chi connectivity index (χ3n) is 5.50. The van der Waals surface area contributed by atoms with Crippen LogP contribution in [0.2, 0.25) is 0 Å². The Bertz CT molecular complexity index is 554. The topological polar surface area (TPSA) is 45.2 Å². The van der Waals surface area contributed by atoms with Crippen LogP contribution in [-0.2, 0) is 0 Å². The highest BCUT2D eigenvalue weighted by Crippen LogP contribution is 2.42. The number of nitrogens with zero attached hydrogens (tertiary/aromatic N) is 2. The van der Waals surface area contributed by atoms with Crippen LogP contribution in [0.5, 0.6) is 0 Å². The normalized spacial score (nSPS) is 29.2. The van der Waals surface area contributed by atoms with E-state index in [1.54, 1.807) is 11.3 Å². The lowest BCUT2D eigenvalue weighted by atomic mass is 9.92. The minimum atomic E-state index is 0.0121. The number of piperidine rings is 1. The molecule has 3 aliphatic rings. The van der Waals surface area contributed by atoms with Crippen molar-refractivity contribution in [2.24, 2.45) is 5.92 Å². The maximum absolute atomic E-state index is 12.7. The Morgan fingerprint density at radius 3 is 2.95 bits per heavy atom. The standard InChI is InChI=1S/C17H25N3OS/c1-11(14-10-22-16(19-14)13-7-8-13)18-17(21)20-9-3-5-12-4-2-6-15(12)20/h10-13,15H,2-9H2,1H3,(H,18,21)/t11-,12+,15+/m0/s1. The second kappa shape index (κ2) is 5.84. The van der Waals surface area contributed by atoms with Crippen LogP contribution < -0.4 is 5.32 Å². The van der Waals surface area contributed by atoms with Gasteiger partial charge in [-0.3, -0.25) is 0 Å². The van der Waals surface area contributed by atoms with Crippen LogP contribution >= 0.6 is 11.3 Å². The Morgan fingerprint density at radius 2 is 2.14 bits per heavy atom. The van der Waals surface area contributed by atoms with E-state index in [2.05, 4.69) is 22.5 Å². The lowest BCUT2D eigenvalue weighted by molar-refractivity contribution is 0.126. The van der Waals surface area contributed by atoms with E-state index >= 15 is 0 Å². The molecule has 1 aromatic rings. The van der Waals surface area contributed by atoms with Crippen LogP contribution in [0.25, 0.3) is 0 Å². The number of aromatic nitrogens is 1. The summed E-state index contributed by atoms with van der Waals surface area (Å²) in [6.45, 7) is 2.98. The number of likely N-dealkylation sites (tertiary alicyclic amines) is 1. The average Bonchev–Trinajstić information content (AvgIpc) is 3.06. The number of thiazole rings is 1. The second-order valence-corrected chi connectivity index (χ2v) is 8.04. The van der Waals surface area contributed by atoms with Crippen LogP contribution in [0.1, 0.15) is 74.5 Å². The summed E-state index contributed by atoms with van der Waals surface area (Å²) in [5, 5.41) is 6.56. The van der Waals surface area contributed by atoms with Crippen LogP contribution in [0.4, 0.5) is 4.79 Å². The van der Waals surface area contributed by atoms with Crippen molar-refractivity contribution < 1.29 is 4.79 Å². The number of carbonyl (C=O) groups is 1. The van der Waals surface area contributed by atoms with Crippen molar-refractivity contribution in [3.8, 4) is 0 Å². The second-order valence-electron chi connectivity index (χ2n) is 7.15. The summed E-state index contributed by atoms with van der Waals surface area (Å²) >= 11 is 1.75. The predicted octanol–water partition coefficient (Wildman–Crippen LogP) is 4.06. The van der Waals surface area contributed by atoms with E-state index < -0.39 is 0 Å². The van der Waals surface area contributed by atoms with Crippen LogP contribution in [-0.4, -0.2) is 28.5 Å². The highest BCUT2D eigenvalue weighted by atomic mass is 32.1. The molecule has 2 amide bonds. The molecule has 1 N–H and O–H groups in total. The molecule has 0 radical (unpaired) electrons. The third-order valence-corrected chi connectivity index (χ3v) is 6.53. The van der Waals surface area contributed by atoms with Crippen molar-refractivity contribution >= 4 is 17.4 Å². The Morgan fingerprint density at radius 1 is 1.32 bits per heavy atom. The minimum absolute atomic E-state index is 0.0121. The first-order chi connectivity index (χ1) is 10.7. The van der Waals surface area contributed by atoms with Gasteiger partial charge in [0.05, 0.1) is 16.7 Å². The van der Waals surface area contributed by atoms with Gasteiger partial charge in [0.2, 0.25) is 0 Å². The maximum Gasteiger partial charge on any atom is 0.318 e. The molecule has 2 heterocycles. The van der Waals surface area contributed by atoms with Crippen molar-refractivity contribution in [2.75, 3.05) is 6.54 Å². The molecular formula is C17H25N3OS. The summed E-state index contributed by atoms with van der Waals surface area (Å²) in [7, 11) is 0. The van der Waals surface area contributed by atoms with Gasteiger partial charge in [-0.2, -0.15) is 0 Å². The largest absolute Gasteiger partial charge is 0.330 e. The molecule has 2 aliphatic carbocycles. The maximum atomic E-state index is 12.7. The van der Waals surface area contributed by atoms with Crippen molar-refractivity contribution in [3.05, 3.63) is 16.1 Å². The first-order valence-electron chi connectivity index (χ1n) is 8.75. The van der Waals surface area contributed by atoms with E-state index in [4.69, 9.17) is 4.98 Å². The number of urea groups is 1. The summed E-state index contributed by atoms with van der Waals surface area (Å²) < 4.78 is 0. The van der Waals surface area contributed by atoms with Crippen molar-refractivity contribution in [1.29, 1.82) is 0 Å². The molecule has 1 aromatic heterocycles. The molecule has 3 fully saturated rings. The molecule has 0 spiro atoms. The predicted molar refractivity (Wildman–Crippen MR) is 88.1 cm³/mol. The first kappa shape index (κ1) is 14.5. The summed E-state index contributed by atoms with van der Waals surface area (Å²) in [4.78, 5) is 19.5. The number of hydrogen-bond donors (Lipinski definition) is 1. The number of hydrogen-bond acceptors (Lipinski definition) is 3. The number of nitrogens with one attached hydrogen (secondary N) is 1. The molecule has 1 aliphatic heterocycles. The van der Waals surface area contributed by atoms with Crippen molar-refractivity contribution in [1.82, 2.24) is 15.2 Å². The molecular weight excluding hydrogens is 294 g/mol. The number of amides is 2. The van der Waals surface area contributed by atoms with Gasteiger partial charge in [-0.15, -0.1) is 11.3 Å². The van der Waals surface area contributed by atoms with Gasteiger partial charge in [0, 0.05) is 23.9 Å². The molecule has 5 heteroatoms. The van der Waals surface area contributed by atoms with E-state index in [0.29, 0.717) is 12.0 Å². The highest BCUT2D eigenvalue weighted by Gasteiger charge is 2.37. The molecule has 1 saturated heterocycles. The third kappa shape index (κ3) is 2.75. The molecule has 22 heavy (non-hydrogen) atoms. The SMILES string of the molecule is C[C@H](NC(=O)N1CCC[C@H]2CCC[C@H]21)c1csc(C2CC2)n1. The van der Waals surface area contributed by atoms with Crippen LogP contribution in [0, 0.1) is 5.92 Å². The number of rotatable bonds is 3. The lowest BCUT2D eigenvalue weighted by Gasteiger charge is -2.38. The Hall–Kier alpha value is -1.10. The Labute approximate surface area is 136 Å². The van der Waals surface area contributed by atoms with E-state index in [1.807, 2.05) is 0 Å². The minimum Gasteiger partial charge on any atom is -0.330 e. The molecule has 120 valence electrons.